The lowest BCUT2D eigenvalue weighted by Crippen LogP contribution is -2.13. The van der Waals surface area contributed by atoms with E-state index in [1.54, 1.807) is 43.3 Å². The molecule has 0 aliphatic rings. The van der Waals surface area contributed by atoms with Crippen molar-refractivity contribution in [2.45, 2.75) is 18.7 Å². The third-order valence-corrected chi connectivity index (χ3v) is 4.32. The molecule has 0 amide bonds. The molecule has 0 unspecified atom stereocenters. The molecule has 1 N–H and O–H groups in total. The second-order valence-electron chi connectivity index (χ2n) is 4.56. The van der Waals surface area contributed by atoms with Crippen molar-refractivity contribution in [3.05, 3.63) is 59.2 Å². The first kappa shape index (κ1) is 14.1. The maximum Gasteiger partial charge on any atom is 0.261 e. The molecule has 0 bridgehead atoms. The molecule has 2 rings (SSSR count). The summed E-state index contributed by atoms with van der Waals surface area (Å²) in [5, 5.41) is 8.87. The smallest absolute Gasteiger partial charge is 0.261 e. The molecule has 0 aromatic heterocycles. The SMILES string of the molecule is Cc1ccc(S(=O)(=O)Nc2cc(C#N)ccc2C)cc1. The second-order valence-corrected chi connectivity index (χ2v) is 6.24. The standard InChI is InChI=1S/C15H14N2O2S/c1-11-3-7-14(8-4-11)20(18,19)17-15-9-13(10-16)6-5-12(15)2/h3-9,17H,1-2H3. The number of sulfonamides is 1. The van der Waals surface area contributed by atoms with E-state index in [9.17, 15) is 8.42 Å². The number of rotatable bonds is 3. The van der Waals surface area contributed by atoms with Gasteiger partial charge in [0.1, 0.15) is 0 Å². The van der Waals surface area contributed by atoms with E-state index in [4.69, 9.17) is 5.26 Å². The molecule has 0 atom stereocenters. The molecule has 0 aliphatic carbocycles. The Morgan fingerprint density at radius 2 is 1.70 bits per heavy atom. The highest BCUT2D eigenvalue weighted by molar-refractivity contribution is 7.92. The van der Waals surface area contributed by atoms with Crippen LogP contribution < -0.4 is 4.72 Å². The lowest BCUT2D eigenvalue weighted by atomic mass is 10.1. The summed E-state index contributed by atoms with van der Waals surface area (Å²) >= 11 is 0. The van der Waals surface area contributed by atoms with E-state index in [-0.39, 0.29) is 4.90 Å². The van der Waals surface area contributed by atoms with Gasteiger partial charge >= 0.3 is 0 Å². The number of nitriles is 1. The van der Waals surface area contributed by atoms with Crippen molar-refractivity contribution < 1.29 is 8.42 Å². The van der Waals surface area contributed by atoms with Crippen LogP contribution in [-0.4, -0.2) is 8.42 Å². The summed E-state index contributed by atoms with van der Waals surface area (Å²) in [6.45, 7) is 3.68. The average molecular weight is 286 g/mol. The fourth-order valence-corrected chi connectivity index (χ4v) is 2.84. The maximum atomic E-state index is 12.3. The zero-order chi connectivity index (χ0) is 14.8. The highest BCUT2D eigenvalue weighted by Crippen LogP contribution is 2.21. The Morgan fingerprint density at radius 3 is 2.30 bits per heavy atom. The molecule has 5 heteroatoms. The summed E-state index contributed by atoms with van der Waals surface area (Å²) < 4.78 is 27.1. The van der Waals surface area contributed by atoms with Crippen LogP contribution in [0, 0.1) is 25.2 Å². The summed E-state index contributed by atoms with van der Waals surface area (Å²) in [5.41, 5.74) is 2.59. The summed E-state index contributed by atoms with van der Waals surface area (Å²) in [6, 6.07) is 13.5. The molecule has 0 fully saturated rings. The van der Waals surface area contributed by atoms with E-state index in [0.29, 0.717) is 11.3 Å². The zero-order valence-electron chi connectivity index (χ0n) is 11.2. The third kappa shape index (κ3) is 2.98. The Morgan fingerprint density at radius 1 is 1.05 bits per heavy atom. The Kier molecular flexibility index (Phi) is 3.77. The van der Waals surface area contributed by atoms with Crippen LogP contribution in [0.3, 0.4) is 0 Å². The molecular formula is C15H14N2O2S. The van der Waals surface area contributed by atoms with Crippen LogP contribution in [0.5, 0.6) is 0 Å². The summed E-state index contributed by atoms with van der Waals surface area (Å²) in [5.74, 6) is 0. The molecule has 0 radical (unpaired) electrons. The summed E-state index contributed by atoms with van der Waals surface area (Å²) in [4.78, 5) is 0.199. The van der Waals surface area contributed by atoms with Gasteiger partial charge in [0.25, 0.3) is 10.0 Å². The van der Waals surface area contributed by atoms with Gasteiger partial charge in [0.15, 0.2) is 0 Å². The molecule has 0 aliphatic heterocycles. The zero-order valence-corrected chi connectivity index (χ0v) is 12.0. The number of benzene rings is 2. The van der Waals surface area contributed by atoms with Gasteiger partial charge in [-0.05, 0) is 43.7 Å². The van der Waals surface area contributed by atoms with Gasteiger partial charge in [0, 0.05) is 0 Å². The predicted octanol–water partition coefficient (Wildman–Crippen LogP) is 2.98. The van der Waals surface area contributed by atoms with Gasteiger partial charge in [-0.2, -0.15) is 5.26 Å². The summed E-state index contributed by atoms with van der Waals surface area (Å²) in [7, 11) is -3.64. The minimum atomic E-state index is -3.64. The van der Waals surface area contributed by atoms with Crippen LogP contribution in [0.1, 0.15) is 16.7 Å². The Hall–Kier alpha value is -2.32. The van der Waals surface area contributed by atoms with Gasteiger partial charge in [-0.3, -0.25) is 4.72 Å². The highest BCUT2D eigenvalue weighted by Gasteiger charge is 2.15. The average Bonchev–Trinajstić information content (AvgIpc) is 2.41. The van der Waals surface area contributed by atoms with E-state index in [1.165, 1.54) is 6.07 Å². The first-order valence-corrected chi connectivity index (χ1v) is 7.51. The van der Waals surface area contributed by atoms with E-state index >= 15 is 0 Å². The van der Waals surface area contributed by atoms with Crippen molar-refractivity contribution in [2.24, 2.45) is 0 Å². The monoisotopic (exact) mass is 286 g/mol. The first-order valence-electron chi connectivity index (χ1n) is 6.02. The third-order valence-electron chi connectivity index (χ3n) is 2.94. The minimum Gasteiger partial charge on any atom is -0.279 e. The molecule has 0 saturated carbocycles. The molecule has 4 nitrogen and oxygen atoms in total. The quantitative estimate of drug-likeness (QED) is 0.943. The highest BCUT2D eigenvalue weighted by atomic mass is 32.2. The number of anilines is 1. The van der Waals surface area contributed by atoms with Crippen LogP contribution in [0.25, 0.3) is 0 Å². The minimum absolute atomic E-state index is 0.199. The van der Waals surface area contributed by atoms with Crippen LogP contribution >= 0.6 is 0 Å². The van der Waals surface area contributed by atoms with E-state index < -0.39 is 10.0 Å². The van der Waals surface area contributed by atoms with Crippen LogP contribution in [0.2, 0.25) is 0 Å². The number of hydrogen-bond acceptors (Lipinski definition) is 3. The van der Waals surface area contributed by atoms with Gasteiger partial charge in [0.2, 0.25) is 0 Å². The van der Waals surface area contributed by atoms with Crippen molar-refractivity contribution in [2.75, 3.05) is 4.72 Å². The van der Waals surface area contributed by atoms with Crippen LogP contribution in [0.15, 0.2) is 47.4 Å². The van der Waals surface area contributed by atoms with Gasteiger partial charge in [-0.25, -0.2) is 8.42 Å². The Balaban J connectivity index is 2.38. The fraction of sp³-hybridized carbons (Fsp3) is 0.133. The molecule has 2 aromatic carbocycles. The molecular weight excluding hydrogens is 272 g/mol. The van der Waals surface area contributed by atoms with Crippen molar-refractivity contribution in [1.29, 1.82) is 5.26 Å². The molecule has 102 valence electrons. The van der Waals surface area contributed by atoms with Crippen molar-refractivity contribution >= 4 is 15.7 Å². The van der Waals surface area contributed by atoms with Crippen LogP contribution in [0.4, 0.5) is 5.69 Å². The van der Waals surface area contributed by atoms with Crippen molar-refractivity contribution in [3.63, 3.8) is 0 Å². The topological polar surface area (TPSA) is 70.0 Å². The Bertz CT molecular complexity index is 773. The van der Waals surface area contributed by atoms with E-state index in [0.717, 1.165) is 11.1 Å². The molecule has 0 spiro atoms. The van der Waals surface area contributed by atoms with Gasteiger partial charge < -0.3 is 0 Å². The summed E-state index contributed by atoms with van der Waals surface area (Å²) in [6.07, 6.45) is 0. The van der Waals surface area contributed by atoms with E-state index in [2.05, 4.69) is 4.72 Å². The van der Waals surface area contributed by atoms with Gasteiger partial charge in [-0.15, -0.1) is 0 Å². The van der Waals surface area contributed by atoms with Crippen LogP contribution in [-0.2, 0) is 10.0 Å². The molecule has 0 saturated heterocycles. The van der Waals surface area contributed by atoms with Gasteiger partial charge in [0.05, 0.1) is 22.2 Å². The number of aryl methyl sites for hydroxylation is 2. The first-order chi connectivity index (χ1) is 9.42. The van der Waals surface area contributed by atoms with Gasteiger partial charge in [-0.1, -0.05) is 23.8 Å². The predicted molar refractivity (Wildman–Crippen MR) is 77.9 cm³/mol. The number of nitrogens with zero attached hydrogens (tertiary/aromatic N) is 1. The lowest BCUT2D eigenvalue weighted by Gasteiger charge is -2.11. The lowest BCUT2D eigenvalue weighted by molar-refractivity contribution is 0.601. The van der Waals surface area contributed by atoms with Crippen molar-refractivity contribution in [3.8, 4) is 6.07 Å². The Labute approximate surface area is 118 Å². The molecule has 20 heavy (non-hydrogen) atoms. The van der Waals surface area contributed by atoms with Crippen molar-refractivity contribution in [1.82, 2.24) is 0 Å². The normalized spacial score (nSPS) is 10.8. The number of hydrogen-bond donors (Lipinski definition) is 1. The molecule has 0 heterocycles. The fourth-order valence-electron chi connectivity index (χ4n) is 1.72. The maximum absolute atomic E-state index is 12.3. The number of nitrogens with one attached hydrogen (secondary N) is 1. The second kappa shape index (κ2) is 5.35. The largest absolute Gasteiger partial charge is 0.279 e. The van der Waals surface area contributed by atoms with E-state index in [1.807, 2.05) is 13.0 Å². The molecule has 2 aromatic rings.